The van der Waals surface area contributed by atoms with Crippen LogP contribution in [0.4, 0.5) is 0 Å². The van der Waals surface area contributed by atoms with Crippen LogP contribution in [0.1, 0.15) is 18.5 Å². The van der Waals surface area contributed by atoms with Gasteiger partial charge in [-0.25, -0.2) is 4.98 Å². The molecule has 0 amide bonds. The van der Waals surface area contributed by atoms with Crippen molar-refractivity contribution in [1.29, 1.82) is 0 Å². The van der Waals surface area contributed by atoms with Gasteiger partial charge in [-0.2, -0.15) is 0 Å². The van der Waals surface area contributed by atoms with Gasteiger partial charge in [0.05, 0.1) is 6.33 Å². The van der Waals surface area contributed by atoms with Gasteiger partial charge in [0.2, 0.25) is 0 Å². The third kappa shape index (κ3) is 2.36. The fourth-order valence-electron chi connectivity index (χ4n) is 1.27. The van der Waals surface area contributed by atoms with E-state index in [1.165, 1.54) is 6.20 Å². The molecule has 74 valence electrons. The minimum Gasteiger partial charge on any atom is -0.405 e. The van der Waals surface area contributed by atoms with Gasteiger partial charge in [0, 0.05) is 17.8 Å². The molecule has 14 heavy (non-hydrogen) atoms. The lowest BCUT2D eigenvalue weighted by atomic mass is 9.97. The van der Waals surface area contributed by atoms with Crippen molar-refractivity contribution < 1.29 is 0 Å². The van der Waals surface area contributed by atoms with Gasteiger partial charge in [-0.05, 0) is 17.8 Å². The molecule has 1 unspecified atom stereocenters. The normalized spacial score (nSPS) is 14.5. The number of hydrogen-bond donors (Lipinski definition) is 2. The molecule has 1 aromatic heterocycles. The summed E-state index contributed by atoms with van der Waals surface area (Å²) in [5.41, 5.74) is 7.54. The first-order chi connectivity index (χ1) is 6.79. The predicted molar refractivity (Wildman–Crippen MR) is 58.6 cm³/mol. The van der Waals surface area contributed by atoms with Crippen molar-refractivity contribution in [3.63, 3.8) is 0 Å². The number of nitrogens with zero attached hydrogens (tertiary/aromatic N) is 1. The highest BCUT2D eigenvalue weighted by molar-refractivity contribution is 5.32. The average Bonchev–Trinajstić information content (AvgIpc) is 2.69. The van der Waals surface area contributed by atoms with Crippen molar-refractivity contribution in [2.75, 3.05) is 0 Å². The molecular weight excluding hydrogens is 174 g/mol. The van der Waals surface area contributed by atoms with Gasteiger partial charge in [-0.1, -0.05) is 25.7 Å². The van der Waals surface area contributed by atoms with E-state index in [1.54, 1.807) is 12.4 Å². The summed E-state index contributed by atoms with van der Waals surface area (Å²) >= 11 is 0. The van der Waals surface area contributed by atoms with Crippen LogP contribution < -0.4 is 5.73 Å². The Bertz CT molecular complexity index is 333. The Kier molecular flexibility index (Phi) is 3.73. The van der Waals surface area contributed by atoms with E-state index in [9.17, 15) is 0 Å². The number of H-pyrrole nitrogens is 1. The van der Waals surface area contributed by atoms with Crippen LogP contribution in [0.15, 0.2) is 49.1 Å². The molecule has 0 saturated carbocycles. The van der Waals surface area contributed by atoms with Crippen LogP contribution in [0.2, 0.25) is 0 Å². The maximum Gasteiger partial charge on any atom is 0.0921 e. The summed E-state index contributed by atoms with van der Waals surface area (Å²) in [6, 6.07) is 0. The van der Waals surface area contributed by atoms with Crippen molar-refractivity contribution >= 4 is 0 Å². The van der Waals surface area contributed by atoms with Gasteiger partial charge < -0.3 is 10.7 Å². The smallest absolute Gasteiger partial charge is 0.0921 e. The molecule has 3 N–H and O–H groups in total. The highest BCUT2D eigenvalue weighted by Crippen LogP contribution is 2.22. The van der Waals surface area contributed by atoms with Gasteiger partial charge >= 0.3 is 0 Å². The maximum absolute atomic E-state index is 5.37. The fourth-order valence-corrected chi connectivity index (χ4v) is 1.27. The summed E-state index contributed by atoms with van der Waals surface area (Å²) < 4.78 is 0. The van der Waals surface area contributed by atoms with Crippen LogP contribution in [0.3, 0.4) is 0 Å². The van der Waals surface area contributed by atoms with E-state index in [-0.39, 0.29) is 5.92 Å². The predicted octanol–water partition coefficient (Wildman–Crippen LogP) is 2.10. The third-order valence-electron chi connectivity index (χ3n) is 2.08. The lowest BCUT2D eigenvalue weighted by molar-refractivity contribution is 0.882. The number of aromatic nitrogens is 2. The first-order valence-corrected chi connectivity index (χ1v) is 4.48. The zero-order valence-corrected chi connectivity index (χ0v) is 8.27. The van der Waals surface area contributed by atoms with Crippen molar-refractivity contribution in [3.8, 4) is 0 Å². The second-order valence-corrected chi connectivity index (χ2v) is 2.99. The highest BCUT2D eigenvalue weighted by atomic mass is 14.9. The van der Waals surface area contributed by atoms with Crippen LogP contribution in [-0.2, 0) is 0 Å². The molecule has 0 spiro atoms. The number of nitrogens with one attached hydrogen (secondary N) is 1. The van der Waals surface area contributed by atoms with Crippen LogP contribution >= 0.6 is 0 Å². The third-order valence-corrected chi connectivity index (χ3v) is 2.08. The Morgan fingerprint density at radius 1 is 1.71 bits per heavy atom. The molecule has 1 atom stereocenters. The van der Waals surface area contributed by atoms with Gasteiger partial charge in [-0.15, -0.1) is 0 Å². The number of hydrogen-bond acceptors (Lipinski definition) is 2. The number of aromatic amines is 1. The van der Waals surface area contributed by atoms with E-state index in [0.29, 0.717) is 0 Å². The largest absolute Gasteiger partial charge is 0.405 e. The first-order valence-electron chi connectivity index (χ1n) is 4.48. The molecule has 0 bridgehead atoms. The second kappa shape index (κ2) is 5.07. The standard InChI is InChI=1S/C11H15N3/c1-3-4-10(5-6-12)9(2)11-7-13-8-14-11/h3-9H,1,12H2,2H3,(H,13,14)/b6-5-,10-4+. The van der Waals surface area contributed by atoms with Crippen LogP contribution in [-0.4, -0.2) is 9.97 Å². The topological polar surface area (TPSA) is 54.7 Å². The Morgan fingerprint density at radius 2 is 2.50 bits per heavy atom. The molecule has 0 aliphatic carbocycles. The van der Waals surface area contributed by atoms with Crippen molar-refractivity contribution in [2.24, 2.45) is 5.73 Å². The molecule has 3 heteroatoms. The Balaban J connectivity index is 2.90. The number of allylic oxidation sites excluding steroid dienone is 4. The van der Waals surface area contributed by atoms with E-state index in [0.717, 1.165) is 11.3 Å². The second-order valence-electron chi connectivity index (χ2n) is 2.99. The average molecular weight is 189 g/mol. The molecule has 1 heterocycles. The van der Waals surface area contributed by atoms with Crippen molar-refractivity contribution in [3.05, 3.63) is 54.8 Å². The zero-order valence-electron chi connectivity index (χ0n) is 8.27. The maximum atomic E-state index is 5.37. The molecular formula is C11H15N3. The van der Waals surface area contributed by atoms with E-state index >= 15 is 0 Å². The van der Waals surface area contributed by atoms with Crippen LogP contribution in [0.5, 0.6) is 0 Å². The monoisotopic (exact) mass is 189 g/mol. The van der Waals surface area contributed by atoms with Gasteiger partial charge in [0.15, 0.2) is 0 Å². The van der Waals surface area contributed by atoms with Gasteiger partial charge in [-0.3, -0.25) is 0 Å². The molecule has 0 aliphatic heterocycles. The minimum absolute atomic E-state index is 0.246. The zero-order chi connectivity index (χ0) is 10.4. The van der Waals surface area contributed by atoms with E-state index < -0.39 is 0 Å². The number of rotatable bonds is 4. The highest BCUT2D eigenvalue weighted by Gasteiger charge is 2.09. The summed E-state index contributed by atoms with van der Waals surface area (Å²) in [6.45, 7) is 5.76. The van der Waals surface area contributed by atoms with Crippen LogP contribution in [0.25, 0.3) is 0 Å². The van der Waals surface area contributed by atoms with Gasteiger partial charge in [0.25, 0.3) is 0 Å². The Hall–Kier alpha value is -1.77. The molecule has 3 nitrogen and oxygen atoms in total. The summed E-state index contributed by atoms with van der Waals surface area (Å²) in [6.07, 6.45) is 10.6. The molecule has 0 aromatic carbocycles. The van der Waals surface area contributed by atoms with E-state index in [4.69, 9.17) is 5.73 Å². The first kappa shape index (κ1) is 10.3. The summed E-state index contributed by atoms with van der Waals surface area (Å²) in [7, 11) is 0. The van der Waals surface area contributed by atoms with Crippen molar-refractivity contribution in [2.45, 2.75) is 12.8 Å². The number of imidazole rings is 1. The SMILES string of the molecule is C=C/C=C(\C=C/N)C(C)c1cnc[nH]1. The lowest BCUT2D eigenvalue weighted by Gasteiger charge is -2.09. The quantitative estimate of drug-likeness (QED) is 0.713. The van der Waals surface area contributed by atoms with Crippen LogP contribution in [0, 0.1) is 0 Å². The molecule has 1 aromatic rings. The Labute approximate surface area is 84.1 Å². The molecule has 0 fully saturated rings. The molecule has 0 radical (unpaired) electrons. The fraction of sp³-hybridized carbons (Fsp3) is 0.182. The lowest BCUT2D eigenvalue weighted by Crippen LogP contribution is -1.97. The van der Waals surface area contributed by atoms with E-state index in [1.807, 2.05) is 18.3 Å². The Morgan fingerprint density at radius 3 is 3.00 bits per heavy atom. The van der Waals surface area contributed by atoms with Gasteiger partial charge in [0.1, 0.15) is 0 Å². The molecule has 0 aliphatic rings. The molecule has 1 rings (SSSR count). The summed E-state index contributed by atoms with van der Waals surface area (Å²) in [5, 5.41) is 0. The summed E-state index contributed by atoms with van der Waals surface area (Å²) in [5.74, 6) is 0.246. The van der Waals surface area contributed by atoms with Crippen molar-refractivity contribution in [1.82, 2.24) is 9.97 Å². The molecule has 0 saturated heterocycles. The van der Waals surface area contributed by atoms with E-state index in [2.05, 4.69) is 23.5 Å². The number of nitrogens with two attached hydrogens (primary N) is 1. The summed E-state index contributed by atoms with van der Waals surface area (Å²) in [4.78, 5) is 7.06. The minimum atomic E-state index is 0.246.